The normalized spacial score (nSPS) is 16.1. The summed E-state index contributed by atoms with van der Waals surface area (Å²) in [7, 11) is 0. The Morgan fingerprint density at radius 1 is 1.16 bits per heavy atom. The van der Waals surface area contributed by atoms with Crippen LogP contribution in [0.5, 0.6) is 0 Å². The molecule has 0 atom stereocenters. The lowest BCUT2D eigenvalue weighted by atomic mass is 10.1. The Morgan fingerprint density at radius 3 is 2.63 bits per heavy atom. The zero-order valence-electron chi connectivity index (χ0n) is 11.1. The quantitative estimate of drug-likeness (QED) is 0.858. The second-order valence-electron chi connectivity index (χ2n) is 4.76. The van der Waals surface area contributed by atoms with Crippen LogP contribution in [-0.2, 0) is 4.79 Å². The Bertz CT molecular complexity index is 487. The van der Waals surface area contributed by atoms with Crippen LogP contribution in [0.4, 0.5) is 5.69 Å². The number of hydrogen-bond donors (Lipinski definition) is 1. The third-order valence-corrected chi connectivity index (χ3v) is 3.44. The molecule has 1 fully saturated rings. The standard InChI is InChI=1S/C14H19N3O2/c1-11(18)16-6-3-7-17(9-8-16)13-5-2-4-12(10-13)14(15)19/h2,4-5,10H,3,6-9H2,1H3,(H2,15,19). The summed E-state index contributed by atoms with van der Waals surface area (Å²) in [5.74, 6) is -0.297. The Hall–Kier alpha value is -2.04. The maximum absolute atomic E-state index is 11.4. The van der Waals surface area contributed by atoms with Crippen molar-refractivity contribution >= 4 is 17.5 Å². The summed E-state index contributed by atoms with van der Waals surface area (Å²) in [4.78, 5) is 26.6. The van der Waals surface area contributed by atoms with E-state index < -0.39 is 5.91 Å². The molecule has 1 aromatic rings. The molecular weight excluding hydrogens is 242 g/mol. The molecule has 5 nitrogen and oxygen atoms in total. The maximum Gasteiger partial charge on any atom is 0.248 e. The highest BCUT2D eigenvalue weighted by atomic mass is 16.2. The van der Waals surface area contributed by atoms with E-state index >= 15 is 0 Å². The minimum absolute atomic E-state index is 0.118. The molecule has 1 aliphatic rings. The molecule has 1 heterocycles. The smallest absolute Gasteiger partial charge is 0.248 e. The van der Waals surface area contributed by atoms with Crippen molar-refractivity contribution in [1.29, 1.82) is 0 Å². The van der Waals surface area contributed by atoms with E-state index in [1.54, 1.807) is 13.0 Å². The zero-order chi connectivity index (χ0) is 13.8. The molecule has 5 heteroatoms. The molecule has 1 aromatic carbocycles. The largest absolute Gasteiger partial charge is 0.370 e. The van der Waals surface area contributed by atoms with Gasteiger partial charge in [-0.25, -0.2) is 0 Å². The second-order valence-corrected chi connectivity index (χ2v) is 4.76. The van der Waals surface area contributed by atoms with E-state index in [-0.39, 0.29) is 5.91 Å². The molecule has 0 spiro atoms. The first-order chi connectivity index (χ1) is 9.08. The molecule has 0 aliphatic carbocycles. The third-order valence-electron chi connectivity index (χ3n) is 3.44. The second kappa shape index (κ2) is 5.73. The lowest BCUT2D eigenvalue weighted by molar-refractivity contribution is -0.128. The van der Waals surface area contributed by atoms with Crippen LogP contribution in [0.2, 0.25) is 0 Å². The van der Waals surface area contributed by atoms with Gasteiger partial charge in [0.1, 0.15) is 0 Å². The van der Waals surface area contributed by atoms with Crippen molar-refractivity contribution in [1.82, 2.24) is 4.90 Å². The summed E-state index contributed by atoms with van der Waals surface area (Å²) in [6, 6.07) is 7.33. The Kier molecular flexibility index (Phi) is 4.04. The highest BCUT2D eigenvalue weighted by molar-refractivity contribution is 5.93. The van der Waals surface area contributed by atoms with E-state index in [0.29, 0.717) is 5.56 Å². The van der Waals surface area contributed by atoms with Gasteiger partial charge < -0.3 is 15.5 Å². The molecule has 0 radical (unpaired) electrons. The van der Waals surface area contributed by atoms with Crippen LogP contribution >= 0.6 is 0 Å². The van der Waals surface area contributed by atoms with Crippen LogP contribution in [0.15, 0.2) is 24.3 Å². The summed E-state index contributed by atoms with van der Waals surface area (Å²) in [5.41, 5.74) is 6.80. The van der Waals surface area contributed by atoms with Crippen LogP contribution in [0.1, 0.15) is 23.7 Å². The Balaban J connectivity index is 2.12. The van der Waals surface area contributed by atoms with Gasteiger partial charge in [0.05, 0.1) is 0 Å². The van der Waals surface area contributed by atoms with Crippen molar-refractivity contribution in [3.8, 4) is 0 Å². The first-order valence-corrected chi connectivity index (χ1v) is 6.48. The number of primary amides is 1. The number of nitrogens with two attached hydrogens (primary N) is 1. The van der Waals surface area contributed by atoms with Crippen LogP contribution < -0.4 is 10.6 Å². The maximum atomic E-state index is 11.4. The van der Waals surface area contributed by atoms with E-state index in [0.717, 1.165) is 38.3 Å². The number of rotatable bonds is 2. The highest BCUT2D eigenvalue weighted by Crippen LogP contribution is 2.18. The fourth-order valence-corrected chi connectivity index (χ4v) is 2.35. The van der Waals surface area contributed by atoms with Gasteiger partial charge in [0.2, 0.25) is 11.8 Å². The molecule has 0 bridgehead atoms. The monoisotopic (exact) mass is 261 g/mol. The summed E-state index contributed by atoms with van der Waals surface area (Å²) in [6.45, 7) is 4.77. The molecule has 1 aliphatic heterocycles. The molecule has 2 amide bonds. The zero-order valence-corrected chi connectivity index (χ0v) is 11.1. The molecule has 1 saturated heterocycles. The lowest BCUT2D eigenvalue weighted by Gasteiger charge is -2.23. The fourth-order valence-electron chi connectivity index (χ4n) is 2.35. The molecule has 0 saturated carbocycles. The number of benzene rings is 1. The summed E-state index contributed by atoms with van der Waals surface area (Å²) >= 11 is 0. The number of carbonyl (C=O) groups excluding carboxylic acids is 2. The van der Waals surface area contributed by atoms with Crippen molar-refractivity contribution in [2.75, 3.05) is 31.1 Å². The minimum atomic E-state index is -0.415. The molecule has 0 unspecified atom stereocenters. The minimum Gasteiger partial charge on any atom is -0.370 e. The average molecular weight is 261 g/mol. The SMILES string of the molecule is CC(=O)N1CCCN(c2cccc(C(N)=O)c2)CC1. The third kappa shape index (κ3) is 3.24. The van der Waals surface area contributed by atoms with Crippen molar-refractivity contribution in [3.05, 3.63) is 29.8 Å². The predicted octanol–water partition coefficient (Wildman–Crippen LogP) is 0.844. The van der Waals surface area contributed by atoms with Crippen LogP contribution in [0, 0.1) is 0 Å². The summed E-state index contributed by atoms with van der Waals surface area (Å²) < 4.78 is 0. The van der Waals surface area contributed by atoms with Gasteiger partial charge >= 0.3 is 0 Å². The van der Waals surface area contributed by atoms with Gasteiger partial charge in [-0.3, -0.25) is 9.59 Å². The lowest BCUT2D eigenvalue weighted by Crippen LogP contribution is -2.33. The van der Waals surface area contributed by atoms with Crippen molar-refractivity contribution in [2.24, 2.45) is 5.73 Å². The van der Waals surface area contributed by atoms with Gasteiger partial charge in [-0.05, 0) is 24.6 Å². The van der Waals surface area contributed by atoms with Gasteiger partial charge in [0.25, 0.3) is 0 Å². The van der Waals surface area contributed by atoms with Gasteiger partial charge in [-0.2, -0.15) is 0 Å². The number of anilines is 1. The summed E-state index contributed by atoms with van der Waals surface area (Å²) in [6.07, 6.45) is 0.931. The van der Waals surface area contributed by atoms with Crippen molar-refractivity contribution in [2.45, 2.75) is 13.3 Å². The van der Waals surface area contributed by atoms with Gasteiger partial charge in [-0.15, -0.1) is 0 Å². The number of hydrogen-bond acceptors (Lipinski definition) is 3. The number of carbonyl (C=O) groups is 2. The molecule has 2 N–H and O–H groups in total. The first kappa shape index (κ1) is 13.4. The average Bonchev–Trinajstić information content (AvgIpc) is 2.64. The highest BCUT2D eigenvalue weighted by Gasteiger charge is 2.17. The van der Waals surface area contributed by atoms with E-state index in [1.807, 2.05) is 23.1 Å². The van der Waals surface area contributed by atoms with Crippen LogP contribution in [-0.4, -0.2) is 42.9 Å². The number of nitrogens with zero attached hydrogens (tertiary/aromatic N) is 2. The first-order valence-electron chi connectivity index (χ1n) is 6.48. The molecule has 102 valence electrons. The van der Waals surface area contributed by atoms with Crippen molar-refractivity contribution in [3.63, 3.8) is 0 Å². The number of amides is 2. The van der Waals surface area contributed by atoms with Gasteiger partial charge in [0, 0.05) is 44.4 Å². The molecule has 0 aromatic heterocycles. The van der Waals surface area contributed by atoms with E-state index in [4.69, 9.17) is 5.73 Å². The summed E-state index contributed by atoms with van der Waals surface area (Å²) in [5, 5.41) is 0. The van der Waals surface area contributed by atoms with Gasteiger partial charge in [0.15, 0.2) is 0 Å². The van der Waals surface area contributed by atoms with Crippen LogP contribution in [0.3, 0.4) is 0 Å². The van der Waals surface area contributed by atoms with E-state index in [2.05, 4.69) is 4.90 Å². The van der Waals surface area contributed by atoms with Crippen LogP contribution in [0.25, 0.3) is 0 Å². The van der Waals surface area contributed by atoms with E-state index in [9.17, 15) is 9.59 Å². The molecule has 19 heavy (non-hydrogen) atoms. The molecule has 2 rings (SSSR count). The van der Waals surface area contributed by atoms with Gasteiger partial charge in [-0.1, -0.05) is 6.07 Å². The topological polar surface area (TPSA) is 66.6 Å². The Labute approximate surface area is 113 Å². The predicted molar refractivity (Wildman–Crippen MR) is 74.0 cm³/mol. The Morgan fingerprint density at radius 2 is 1.95 bits per heavy atom. The van der Waals surface area contributed by atoms with Crippen molar-refractivity contribution < 1.29 is 9.59 Å². The molecular formula is C14H19N3O2. The fraction of sp³-hybridized carbons (Fsp3) is 0.429. The van der Waals surface area contributed by atoms with E-state index in [1.165, 1.54) is 0 Å².